The van der Waals surface area contributed by atoms with Crippen LogP contribution in [0.15, 0.2) is 12.1 Å². The Hall–Kier alpha value is -1.36. The van der Waals surface area contributed by atoms with E-state index in [0.29, 0.717) is 6.54 Å². The lowest BCUT2D eigenvalue weighted by Crippen LogP contribution is -2.38. The van der Waals surface area contributed by atoms with Crippen molar-refractivity contribution in [1.82, 2.24) is 5.32 Å². The summed E-state index contributed by atoms with van der Waals surface area (Å²) in [6.45, 7) is 14.2. The summed E-state index contributed by atoms with van der Waals surface area (Å²) in [5.74, 6) is -0.519. The summed E-state index contributed by atoms with van der Waals surface area (Å²) < 4.78 is 25.3. The van der Waals surface area contributed by atoms with Gasteiger partial charge in [-0.1, -0.05) is 39.8 Å². The monoisotopic (exact) mass is 353 g/mol. The Kier molecular flexibility index (Phi) is 6.62. The van der Waals surface area contributed by atoms with Crippen LogP contribution in [-0.4, -0.2) is 26.1 Å². The molecule has 1 unspecified atom stereocenters. The predicted molar refractivity (Wildman–Crippen MR) is 100 cm³/mol. The van der Waals surface area contributed by atoms with Crippen molar-refractivity contribution in [2.45, 2.75) is 71.3 Å². The smallest absolute Gasteiger partial charge is 0.238 e. The maximum Gasteiger partial charge on any atom is 0.238 e. The summed E-state index contributed by atoms with van der Waals surface area (Å²) in [5, 5.41) is 1.63. The molecule has 0 spiro atoms. The third kappa shape index (κ3) is 5.07. The van der Waals surface area contributed by atoms with Gasteiger partial charge in [0, 0.05) is 6.54 Å². The first kappa shape index (κ1) is 20.7. The van der Waals surface area contributed by atoms with Crippen molar-refractivity contribution >= 4 is 15.7 Å². The van der Waals surface area contributed by atoms with E-state index in [1.807, 2.05) is 20.8 Å². The number of rotatable bonds is 6. The first-order valence-corrected chi connectivity index (χ1v) is 10.2. The van der Waals surface area contributed by atoms with Gasteiger partial charge >= 0.3 is 0 Å². The van der Waals surface area contributed by atoms with E-state index >= 15 is 0 Å². The van der Waals surface area contributed by atoms with Crippen LogP contribution in [0.4, 0.5) is 0 Å². The molecule has 0 aliphatic rings. The van der Waals surface area contributed by atoms with Gasteiger partial charge in [0.2, 0.25) is 5.91 Å². The zero-order chi connectivity index (χ0) is 18.7. The molecule has 1 amide bonds. The van der Waals surface area contributed by atoms with E-state index in [1.165, 1.54) is 12.5 Å². The zero-order valence-corrected chi connectivity index (χ0v) is 16.8. The van der Waals surface area contributed by atoms with Crippen LogP contribution >= 0.6 is 0 Å². The summed E-state index contributed by atoms with van der Waals surface area (Å²) in [5.41, 5.74) is 3.93. The summed E-state index contributed by atoms with van der Waals surface area (Å²) in [7, 11) is -3.55. The maximum atomic E-state index is 12.6. The van der Waals surface area contributed by atoms with Gasteiger partial charge in [-0.05, 0) is 54.9 Å². The van der Waals surface area contributed by atoms with Crippen molar-refractivity contribution in [2.24, 2.45) is 0 Å². The quantitative estimate of drug-likeness (QED) is 0.852. The predicted octanol–water partition coefficient (Wildman–Crippen LogP) is 3.43. The fraction of sp³-hybridized carbons (Fsp3) is 0.632. The molecule has 0 radical (unpaired) electrons. The molecular weight excluding hydrogens is 322 g/mol. The van der Waals surface area contributed by atoms with E-state index in [0.717, 1.165) is 23.1 Å². The van der Waals surface area contributed by atoms with E-state index in [9.17, 15) is 13.2 Å². The highest BCUT2D eigenvalue weighted by Gasteiger charge is 2.29. The zero-order valence-electron chi connectivity index (χ0n) is 16.0. The van der Waals surface area contributed by atoms with E-state index in [4.69, 9.17) is 0 Å². The highest BCUT2D eigenvalue weighted by atomic mass is 32.2. The molecule has 5 heteroatoms. The normalized spacial score (nSPS) is 13.6. The molecule has 1 aromatic carbocycles. The van der Waals surface area contributed by atoms with Crippen LogP contribution in [-0.2, 0) is 25.8 Å². The number of sulfone groups is 1. The minimum atomic E-state index is -3.55. The molecule has 0 saturated carbocycles. The van der Waals surface area contributed by atoms with Crippen molar-refractivity contribution < 1.29 is 13.2 Å². The molecule has 1 atom stereocenters. The SMILES string of the molecule is CCCNC(=O)C(C)S(=O)(=O)Cc1c(C)cc(C(C)(C)C)cc1C. The lowest BCUT2D eigenvalue weighted by atomic mass is 9.84. The number of nitrogens with one attached hydrogen (secondary N) is 1. The van der Waals surface area contributed by atoms with Crippen LogP contribution in [0, 0.1) is 13.8 Å². The number of amides is 1. The van der Waals surface area contributed by atoms with Crippen LogP contribution in [0.1, 0.15) is 63.3 Å². The molecular formula is C19H31NO3S. The maximum absolute atomic E-state index is 12.6. The van der Waals surface area contributed by atoms with Gasteiger partial charge in [-0.3, -0.25) is 4.79 Å². The molecule has 0 fully saturated rings. The molecule has 1 N–H and O–H groups in total. The second kappa shape index (κ2) is 7.68. The van der Waals surface area contributed by atoms with Gasteiger partial charge in [0.1, 0.15) is 5.25 Å². The summed E-state index contributed by atoms with van der Waals surface area (Å²) >= 11 is 0. The van der Waals surface area contributed by atoms with E-state index < -0.39 is 21.0 Å². The van der Waals surface area contributed by atoms with Crippen LogP contribution in [0.2, 0.25) is 0 Å². The number of hydrogen-bond donors (Lipinski definition) is 1. The Morgan fingerprint density at radius 3 is 2.08 bits per heavy atom. The molecule has 4 nitrogen and oxygen atoms in total. The van der Waals surface area contributed by atoms with Crippen LogP contribution in [0.3, 0.4) is 0 Å². The molecule has 0 aromatic heterocycles. The van der Waals surface area contributed by atoms with Gasteiger partial charge in [-0.15, -0.1) is 0 Å². The van der Waals surface area contributed by atoms with E-state index in [-0.39, 0.29) is 11.2 Å². The Morgan fingerprint density at radius 2 is 1.67 bits per heavy atom. The van der Waals surface area contributed by atoms with Crippen LogP contribution in [0.5, 0.6) is 0 Å². The molecule has 1 rings (SSSR count). The molecule has 0 aliphatic carbocycles. The molecule has 1 aromatic rings. The Labute approximate surface area is 147 Å². The summed E-state index contributed by atoms with van der Waals surface area (Å²) in [6.07, 6.45) is 0.783. The standard InChI is InChI=1S/C19H31NO3S/c1-8-9-20-18(21)15(4)24(22,23)12-17-13(2)10-16(11-14(17)3)19(5,6)7/h10-11,15H,8-9,12H2,1-7H3,(H,20,21). The fourth-order valence-corrected chi connectivity index (χ4v) is 4.05. The van der Waals surface area contributed by atoms with Gasteiger partial charge in [0.15, 0.2) is 9.84 Å². The number of benzene rings is 1. The van der Waals surface area contributed by atoms with Gasteiger partial charge in [0.25, 0.3) is 0 Å². The second-order valence-corrected chi connectivity index (χ2v) is 9.90. The number of carbonyl (C=O) groups is 1. The highest BCUT2D eigenvalue weighted by Crippen LogP contribution is 2.28. The fourth-order valence-electron chi connectivity index (χ4n) is 2.54. The average molecular weight is 354 g/mol. The Balaban J connectivity index is 3.10. The Bertz CT molecular complexity index is 677. The molecule has 0 aliphatic heterocycles. The molecule has 0 bridgehead atoms. The van der Waals surface area contributed by atoms with Crippen LogP contribution in [0.25, 0.3) is 0 Å². The number of aryl methyl sites for hydroxylation is 2. The lowest BCUT2D eigenvalue weighted by Gasteiger charge is -2.23. The van der Waals surface area contributed by atoms with Crippen molar-refractivity contribution in [1.29, 1.82) is 0 Å². The van der Waals surface area contributed by atoms with E-state index in [1.54, 1.807) is 0 Å². The van der Waals surface area contributed by atoms with Crippen molar-refractivity contribution in [3.8, 4) is 0 Å². The lowest BCUT2D eigenvalue weighted by molar-refractivity contribution is -0.120. The van der Waals surface area contributed by atoms with Crippen molar-refractivity contribution in [3.63, 3.8) is 0 Å². The van der Waals surface area contributed by atoms with Crippen molar-refractivity contribution in [2.75, 3.05) is 6.54 Å². The minimum absolute atomic E-state index is 0.0141. The number of hydrogen-bond acceptors (Lipinski definition) is 3. The van der Waals surface area contributed by atoms with Gasteiger partial charge in [0.05, 0.1) is 5.75 Å². The summed E-state index contributed by atoms with van der Waals surface area (Å²) in [4.78, 5) is 12.0. The molecule has 0 heterocycles. The molecule has 24 heavy (non-hydrogen) atoms. The van der Waals surface area contributed by atoms with E-state index in [2.05, 4.69) is 38.2 Å². The van der Waals surface area contributed by atoms with Gasteiger partial charge in [-0.2, -0.15) is 0 Å². The minimum Gasteiger partial charge on any atom is -0.355 e. The average Bonchev–Trinajstić information content (AvgIpc) is 2.46. The third-order valence-corrected chi connectivity index (χ3v) is 6.35. The van der Waals surface area contributed by atoms with Crippen LogP contribution < -0.4 is 5.32 Å². The first-order chi connectivity index (χ1) is 10.9. The first-order valence-electron chi connectivity index (χ1n) is 8.50. The second-order valence-electron chi connectivity index (χ2n) is 7.58. The van der Waals surface area contributed by atoms with Gasteiger partial charge in [-0.25, -0.2) is 8.42 Å². The molecule has 0 saturated heterocycles. The Morgan fingerprint density at radius 1 is 1.17 bits per heavy atom. The topological polar surface area (TPSA) is 63.2 Å². The van der Waals surface area contributed by atoms with Crippen molar-refractivity contribution in [3.05, 3.63) is 34.4 Å². The third-order valence-electron chi connectivity index (χ3n) is 4.36. The number of carbonyl (C=O) groups excluding carboxylic acids is 1. The molecule has 136 valence electrons. The largest absolute Gasteiger partial charge is 0.355 e. The van der Waals surface area contributed by atoms with Gasteiger partial charge < -0.3 is 5.32 Å². The summed E-state index contributed by atoms with van der Waals surface area (Å²) in [6, 6.07) is 4.11. The highest BCUT2D eigenvalue weighted by molar-refractivity contribution is 7.92.